The van der Waals surface area contributed by atoms with Crippen LogP contribution >= 0.6 is 23.1 Å². The van der Waals surface area contributed by atoms with Crippen LogP contribution in [0.3, 0.4) is 0 Å². The topological polar surface area (TPSA) is 94.1 Å². The van der Waals surface area contributed by atoms with Crippen molar-refractivity contribution < 1.29 is 9.34 Å². The third kappa shape index (κ3) is 4.12. The lowest BCUT2D eigenvalue weighted by Gasteiger charge is -2.08. The van der Waals surface area contributed by atoms with Crippen molar-refractivity contribution in [3.05, 3.63) is 64.1 Å². The molecule has 124 valence electrons. The van der Waals surface area contributed by atoms with Crippen LogP contribution in [0, 0.1) is 10.1 Å². The molecule has 1 unspecified atom stereocenters. The van der Waals surface area contributed by atoms with Crippen molar-refractivity contribution in [3.63, 3.8) is 0 Å². The van der Waals surface area contributed by atoms with Crippen molar-refractivity contribution in [1.82, 2.24) is 10.2 Å². The van der Waals surface area contributed by atoms with Crippen LogP contribution in [0.15, 0.2) is 51.4 Å². The molecule has 0 spiro atoms. The number of nitro benzene ring substituents is 1. The average molecular weight is 362 g/mol. The normalized spacial score (nSPS) is 12.0. The third-order valence-corrected chi connectivity index (χ3v) is 5.35. The van der Waals surface area contributed by atoms with E-state index in [1.165, 1.54) is 29.2 Å². The van der Waals surface area contributed by atoms with Crippen LogP contribution < -0.4 is 5.32 Å². The lowest BCUT2D eigenvalue weighted by Crippen LogP contribution is -1.96. The Morgan fingerprint density at radius 3 is 3.00 bits per heavy atom. The van der Waals surface area contributed by atoms with E-state index in [1.807, 2.05) is 25.1 Å². The van der Waals surface area contributed by atoms with Gasteiger partial charge in [0, 0.05) is 17.4 Å². The zero-order valence-corrected chi connectivity index (χ0v) is 14.3. The monoisotopic (exact) mass is 362 g/mol. The Morgan fingerprint density at radius 1 is 1.38 bits per heavy atom. The number of rotatable bonds is 7. The number of thioether (sulfide) groups is 1. The van der Waals surface area contributed by atoms with Gasteiger partial charge in [-0.2, -0.15) is 0 Å². The summed E-state index contributed by atoms with van der Waals surface area (Å²) in [7, 11) is 0. The van der Waals surface area contributed by atoms with Crippen molar-refractivity contribution in [2.45, 2.75) is 23.1 Å². The molecule has 0 aliphatic carbocycles. The summed E-state index contributed by atoms with van der Waals surface area (Å²) in [6.45, 7) is 2.54. The second-order valence-corrected chi connectivity index (χ2v) is 7.48. The van der Waals surface area contributed by atoms with Crippen LogP contribution in [0.1, 0.15) is 23.5 Å². The van der Waals surface area contributed by atoms with Gasteiger partial charge in [-0.3, -0.25) is 10.1 Å². The van der Waals surface area contributed by atoms with E-state index < -0.39 is 0 Å². The van der Waals surface area contributed by atoms with Crippen LogP contribution in [0.2, 0.25) is 0 Å². The average Bonchev–Trinajstić information content (AvgIpc) is 3.24. The minimum Gasteiger partial charge on any atom is -0.467 e. The van der Waals surface area contributed by atoms with Crippen molar-refractivity contribution in [2.75, 3.05) is 5.32 Å². The lowest BCUT2D eigenvalue weighted by molar-refractivity contribution is -0.384. The molecule has 0 saturated carbocycles. The smallest absolute Gasteiger partial charge is 0.269 e. The van der Waals surface area contributed by atoms with Gasteiger partial charge in [-0.1, -0.05) is 35.2 Å². The van der Waals surface area contributed by atoms with E-state index in [0.717, 1.165) is 15.7 Å². The summed E-state index contributed by atoms with van der Waals surface area (Å²) in [4.78, 5) is 10.5. The number of benzene rings is 1. The number of nitrogens with one attached hydrogen (secondary N) is 1. The summed E-state index contributed by atoms with van der Waals surface area (Å²) in [6, 6.07) is 10.4. The fourth-order valence-corrected chi connectivity index (χ4v) is 4.02. The first-order valence-corrected chi connectivity index (χ1v) is 8.82. The Hall–Kier alpha value is -2.39. The fraction of sp³-hybridized carbons (Fsp3) is 0.200. The first-order valence-electron chi connectivity index (χ1n) is 7.12. The van der Waals surface area contributed by atoms with Gasteiger partial charge >= 0.3 is 0 Å². The predicted molar refractivity (Wildman–Crippen MR) is 93.3 cm³/mol. The van der Waals surface area contributed by atoms with Gasteiger partial charge in [-0.15, -0.1) is 10.2 Å². The summed E-state index contributed by atoms with van der Waals surface area (Å²) >= 11 is 2.96. The zero-order chi connectivity index (χ0) is 16.9. The molecule has 0 bridgehead atoms. The van der Waals surface area contributed by atoms with Crippen molar-refractivity contribution in [2.24, 2.45) is 0 Å². The Morgan fingerprint density at radius 2 is 2.25 bits per heavy atom. The van der Waals surface area contributed by atoms with Gasteiger partial charge in [-0.25, -0.2) is 0 Å². The number of nitrogens with zero attached hydrogens (tertiary/aromatic N) is 3. The van der Waals surface area contributed by atoms with Gasteiger partial charge in [0.25, 0.3) is 5.69 Å². The summed E-state index contributed by atoms with van der Waals surface area (Å²) in [6.07, 6.45) is 1.62. The second-order valence-electron chi connectivity index (χ2n) is 4.92. The molecule has 0 saturated heterocycles. The molecule has 0 aliphatic rings. The highest BCUT2D eigenvalue weighted by Crippen LogP contribution is 2.38. The van der Waals surface area contributed by atoms with Gasteiger partial charge in [0.2, 0.25) is 5.13 Å². The highest BCUT2D eigenvalue weighted by Gasteiger charge is 2.14. The zero-order valence-electron chi connectivity index (χ0n) is 12.7. The number of nitro groups is 1. The second kappa shape index (κ2) is 7.45. The van der Waals surface area contributed by atoms with E-state index in [1.54, 1.807) is 18.4 Å². The maximum absolute atomic E-state index is 10.9. The molecule has 1 aromatic carbocycles. The fourth-order valence-electron chi connectivity index (χ4n) is 2.02. The molecule has 3 rings (SSSR count). The molecule has 1 atom stereocenters. The lowest BCUT2D eigenvalue weighted by atomic mass is 10.1. The summed E-state index contributed by atoms with van der Waals surface area (Å²) in [5.41, 5.74) is 0.979. The Kier molecular flexibility index (Phi) is 5.11. The molecule has 7 nitrogen and oxygen atoms in total. The highest BCUT2D eigenvalue weighted by molar-refractivity contribution is 8.01. The molecule has 0 aliphatic heterocycles. The molecule has 0 amide bonds. The number of hydrogen-bond acceptors (Lipinski definition) is 8. The Bertz CT molecular complexity index is 820. The van der Waals surface area contributed by atoms with E-state index in [2.05, 4.69) is 15.5 Å². The van der Waals surface area contributed by atoms with Crippen LogP contribution in [-0.4, -0.2) is 15.1 Å². The first-order chi connectivity index (χ1) is 11.6. The van der Waals surface area contributed by atoms with Crippen LogP contribution in [0.4, 0.5) is 10.8 Å². The number of furan rings is 1. The molecule has 0 fully saturated rings. The van der Waals surface area contributed by atoms with E-state index in [-0.39, 0.29) is 15.9 Å². The predicted octanol–water partition coefficient (Wildman–Crippen LogP) is 4.50. The van der Waals surface area contributed by atoms with Gasteiger partial charge in [-0.05, 0) is 24.6 Å². The summed E-state index contributed by atoms with van der Waals surface area (Å²) < 4.78 is 6.05. The van der Waals surface area contributed by atoms with Crippen molar-refractivity contribution in [3.8, 4) is 0 Å². The van der Waals surface area contributed by atoms with Gasteiger partial charge in [0.05, 0.1) is 17.7 Å². The Balaban J connectivity index is 1.61. The molecule has 9 heteroatoms. The highest BCUT2D eigenvalue weighted by atomic mass is 32.2. The summed E-state index contributed by atoms with van der Waals surface area (Å²) in [5, 5.41) is 23.0. The molecular formula is C15H14N4O3S2. The third-order valence-electron chi connectivity index (χ3n) is 3.23. The molecule has 2 aromatic heterocycles. The number of anilines is 1. The quantitative estimate of drug-likeness (QED) is 0.375. The number of hydrogen-bond donors (Lipinski definition) is 1. The first kappa shape index (κ1) is 16.5. The molecular weight excluding hydrogens is 348 g/mol. The number of non-ortho nitro benzene ring substituents is 1. The molecule has 3 aromatic rings. The van der Waals surface area contributed by atoms with E-state index >= 15 is 0 Å². The minimum atomic E-state index is -0.386. The van der Waals surface area contributed by atoms with Gasteiger partial charge in [0.1, 0.15) is 5.76 Å². The van der Waals surface area contributed by atoms with E-state index in [9.17, 15) is 10.1 Å². The van der Waals surface area contributed by atoms with Crippen LogP contribution in [-0.2, 0) is 6.54 Å². The van der Waals surface area contributed by atoms with Crippen molar-refractivity contribution in [1.29, 1.82) is 0 Å². The Labute approximate surface area is 146 Å². The minimum absolute atomic E-state index is 0.0378. The van der Waals surface area contributed by atoms with E-state index in [4.69, 9.17) is 4.42 Å². The standard InChI is InChI=1S/C15H14N4O3S2/c1-10(11-4-2-5-12(8-11)19(20)21)23-15-18-17-14(24-15)16-9-13-6-3-7-22-13/h2-8,10H,9H2,1H3,(H,16,17). The number of aromatic nitrogens is 2. The van der Waals surface area contributed by atoms with Crippen molar-refractivity contribution >= 4 is 33.9 Å². The van der Waals surface area contributed by atoms with E-state index in [0.29, 0.717) is 11.7 Å². The molecule has 0 radical (unpaired) electrons. The molecule has 24 heavy (non-hydrogen) atoms. The van der Waals surface area contributed by atoms with Gasteiger partial charge < -0.3 is 9.73 Å². The molecule has 2 heterocycles. The largest absolute Gasteiger partial charge is 0.467 e. The summed E-state index contributed by atoms with van der Waals surface area (Å²) in [5.74, 6) is 0.823. The van der Waals surface area contributed by atoms with Gasteiger partial charge in [0.15, 0.2) is 4.34 Å². The molecule has 1 N–H and O–H groups in total. The van der Waals surface area contributed by atoms with Crippen LogP contribution in [0.5, 0.6) is 0 Å². The maximum Gasteiger partial charge on any atom is 0.269 e. The SMILES string of the molecule is CC(Sc1nnc(NCc2ccco2)s1)c1cccc([N+](=O)[O-])c1. The van der Waals surface area contributed by atoms with Crippen LogP contribution in [0.25, 0.3) is 0 Å². The maximum atomic E-state index is 10.9.